The van der Waals surface area contributed by atoms with Crippen LogP contribution in [0.25, 0.3) is 0 Å². The van der Waals surface area contributed by atoms with Gasteiger partial charge in [-0.3, -0.25) is 0 Å². The molecule has 1 aliphatic rings. The van der Waals surface area contributed by atoms with Crippen LogP contribution in [0.3, 0.4) is 0 Å². The molecule has 2 atom stereocenters. The number of allylic oxidation sites excluding steroid dienone is 2. The van der Waals surface area contributed by atoms with E-state index in [1.165, 1.54) is 5.56 Å². The van der Waals surface area contributed by atoms with E-state index in [1.807, 2.05) is 0 Å². The number of hydrogen-bond acceptors (Lipinski definition) is 1. The average molecular weight is 241 g/mol. The zero-order valence-corrected chi connectivity index (χ0v) is 11.6. The fourth-order valence-electron chi connectivity index (χ4n) is 2.82. The summed E-state index contributed by atoms with van der Waals surface area (Å²) in [4.78, 5) is 0. The van der Waals surface area contributed by atoms with Gasteiger partial charge in [-0.15, -0.1) is 0 Å². The molecule has 1 heteroatoms. The summed E-state index contributed by atoms with van der Waals surface area (Å²) in [5.74, 6) is 0. The molecule has 0 amide bonds. The number of hydrogen-bond donors (Lipinski definition) is 1. The second-order valence-electron chi connectivity index (χ2n) is 6.22. The van der Waals surface area contributed by atoms with Gasteiger partial charge in [0.15, 0.2) is 0 Å². The maximum Gasteiger partial charge on any atom is 0.0327 e. The molecule has 0 saturated heterocycles. The van der Waals surface area contributed by atoms with Crippen LogP contribution in [-0.4, -0.2) is 6.04 Å². The standard InChI is InChI=1S/C17H23N/c1-16(2,3)17(12-8-7-11-15(17)18)13-14-9-5-4-6-10-14/h4-12,15H,13,18H2,1-3H3. The quantitative estimate of drug-likeness (QED) is 0.839. The molecule has 0 spiro atoms. The highest BCUT2D eigenvalue weighted by atomic mass is 14.7. The molecule has 1 aromatic rings. The van der Waals surface area contributed by atoms with E-state index < -0.39 is 0 Å². The Morgan fingerprint density at radius 1 is 1.11 bits per heavy atom. The maximum atomic E-state index is 6.41. The Labute approximate surface area is 110 Å². The van der Waals surface area contributed by atoms with E-state index in [9.17, 15) is 0 Å². The molecule has 2 N–H and O–H groups in total. The van der Waals surface area contributed by atoms with E-state index in [4.69, 9.17) is 5.73 Å². The summed E-state index contributed by atoms with van der Waals surface area (Å²) >= 11 is 0. The third-order valence-corrected chi connectivity index (χ3v) is 4.15. The largest absolute Gasteiger partial charge is 0.324 e. The highest BCUT2D eigenvalue weighted by molar-refractivity contribution is 5.29. The van der Waals surface area contributed by atoms with Crippen LogP contribution in [0.15, 0.2) is 54.6 Å². The van der Waals surface area contributed by atoms with Gasteiger partial charge in [0.2, 0.25) is 0 Å². The van der Waals surface area contributed by atoms with E-state index in [0.29, 0.717) is 0 Å². The van der Waals surface area contributed by atoms with Crippen LogP contribution in [-0.2, 0) is 6.42 Å². The average Bonchev–Trinajstić information content (AvgIpc) is 2.32. The third kappa shape index (κ3) is 2.28. The van der Waals surface area contributed by atoms with Crippen LogP contribution in [0, 0.1) is 10.8 Å². The zero-order chi connectivity index (χ0) is 13.2. The molecule has 0 fully saturated rings. The number of nitrogens with two attached hydrogens (primary N) is 1. The first-order chi connectivity index (χ1) is 8.46. The Balaban J connectivity index is 2.39. The molecule has 1 aromatic carbocycles. The van der Waals surface area contributed by atoms with Gasteiger partial charge in [-0.25, -0.2) is 0 Å². The normalized spacial score (nSPS) is 27.4. The van der Waals surface area contributed by atoms with E-state index in [0.717, 1.165) is 6.42 Å². The molecule has 0 aliphatic heterocycles. The molecule has 0 aromatic heterocycles. The molecular formula is C17H23N. The van der Waals surface area contributed by atoms with Gasteiger partial charge in [0.05, 0.1) is 0 Å². The smallest absolute Gasteiger partial charge is 0.0327 e. The van der Waals surface area contributed by atoms with Crippen molar-refractivity contribution in [1.29, 1.82) is 0 Å². The maximum absolute atomic E-state index is 6.41. The van der Waals surface area contributed by atoms with Crippen molar-refractivity contribution in [2.45, 2.75) is 33.2 Å². The molecule has 1 aliphatic carbocycles. The topological polar surface area (TPSA) is 26.0 Å². The Hall–Kier alpha value is -1.34. The van der Waals surface area contributed by atoms with Crippen LogP contribution >= 0.6 is 0 Å². The van der Waals surface area contributed by atoms with Gasteiger partial charge in [0, 0.05) is 11.5 Å². The number of benzene rings is 1. The number of rotatable bonds is 2. The minimum absolute atomic E-state index is 0.0108. The predicted octanol–water partition coefficient (Wildman–Crippen LogP) is 3.71. The van der Waals surface area contributed by atoms with Crippen LogP contribution in [0.2, 0.25) is 0 Å². The van der Waals surface area contributed by atoms with Crippen molar-refractivity contribution in [3.05, 3.63) is 60.2 Å². The van der Waals surface area contributed by atoms with Crippen molar-refractivity contribution in [2.24, 2.45) is 16.6 Å². The van der Waals surface area contributed by atoms with Gasteiger partial charge in [0.25, 0.3) is 0 Å². The Bertz CT molecular complexity index is 450. The van der Waals surface area contributed by atoms with Crippen molar-refractivity contribution >= 4 is 0 Å². The predicted molar refractivity (Wildman–Crippen MR) is 78.3 cm³/mol. The van der Waals surface area contributed by atoms with E-state index in [-0.39, 0.29) is 16.9 Å². The summed E-state index contributed by atoms with van der Waals surface area (Å²) in [5.41, 5.74) is 7.88. The Morgan fingerprint density at radius 2 is 1.78 bits per heavy atom. The molecule has 1 nitrogen and oxygen atoms in total. The molecule has 2 unspecified atom stereocenters. The monoisotopic (exact) mass is 241 g/mol. The minimum Gasteiger partial charge on any atom is -0.324 e. The highest BCUT2D eigenvalue weighted by Crippen LogP contribution is 2.46. The summed E-state index contributed by atoms with van der Waals surface area (Å²) in [6.45, 7) is 6.83. The molecule has 0 heterocycles. The van der Waals surface area contributed by atoms with E-state index >= 15 is 0 Å². The van der Waals surface area contributed by atoms with Crippen molar-refractivity contribution < 1.29 is 0 Å². The van der Waals surface area contributed by atoms with Gasteiger partial charge in [-0.05, 0) is 17.4 Å². The van der Waals surface area contributed by atoms with Crippen molar-refractivity contribution in [2.75, 3.05) is 0 Å². The van der Waals surface area contributed by atoms with Crippen LogP contribution in [0.4, 0.5) is 0 Å². The lowest BCUT2D eigenvalue weighted by Gasteiger charge is -2.47. The first-order valence-corrected chi connectivity index (χ1v) is 6.61. The van der Waals surface area contributed by atoms with Crippen molar-refractivity contribution in [1.82, 2.24) is 0 Å². The third-order valence-electron chi connectivity index (χ3n) is 4.15. The molecule has 0 radical (unpaired) electrons. The van der Waals surface area contributed by atoms with Gasteiger partial charge in [0.1, 0.15) is 0 Å². The van der Waals surface area contributed by atoms with Crippen LogP contribution in [0.1, 0.15) is 26.3 Å². The molecular weight excluding hydrogens is 218 g/mol. The minimum atomic E-state index is -0.0108. The second kappa shape index (κ2) is 4.74. The van der Waals surface area contributed by atoms with Gasteiger partial charge in [-0.2, -0.15) is 0 Å². The Kier molecular flexibility index (Phi) is 3.45. The molecule has 18 heavy (non-hydrogen) atoms. The fourth-order valence-corrected chi connectivity index (χ4v) is 2.82. The summed E-state index contributed by atoms with van der Waals surface area (Å²) in [5, 5.41) is 0. The van der Waals surface area contributed by atoms with Crippen LogP contribution < -0.4 is 5.73 Å². The summed E-state index contributed by atoms with van der Waals surface area (Å²) < 4.78 is 0. The molecule has 96 valence electrons. The lowest BCUT2D eigenvalue weighted by atomic mass is 9.58. The van der Waals surface area contributed by atoms with Gasteiger partial charge in [-0.1, -0.05) is 75.4 Å². The van der Waals surface area contributed by atoms with Crippen molar-refractivity contribution in [3.8, 4) is 0 Å². The highest BCUT2D eigenvalue weighted by Gasteiger charge is 2.44. The SMILES string of the molecule is CC(C)(C)C1(Cc2ccccc2)C=CC=CC1N. The van der Waals surface area contributed by atoms with E-state index in [1.54, 1.807) is 0 Å². The summed E-state index contributed by atoms with van der Waals surface area (Å²) in [7, 11) is 0. The zero-order valence-electron chi connectivity index (χ0n) is 11.6. The van der Waals surface area contributed by atoms with Gasteiger partial charge < -0.3 is 5.73 Å². The van der Waals surface area contributed by atoms with Gasteiger partial charge >= 0.3 is 0 Å². The fraction of sp³-hybridized carbons (Fsp3) is 0.412. The van der Waals surface area contributed by atoms with Crippen molar-refractivity contribution in [3.63, 3.8) is 0 Å². The first-order valence-electron chi connectivity index (χ1n) is 6.61. The lowest BCUT2D eigenvalue weighted by molar-refractivity contribution is 0.125. The lowest BCUT2D eigenvalue weighted by Crippen LogP contribution is -2.50. The molecule has 2 rings (SSSR count). The summed E-state index contributed by atoms with van der Waals surface area (Å²) in [6, 6.07) is 10.7. The molecule has 0 saturated carbocycles. The van der Waals surface area contributed by atoms with E-state index in [2.05, 4.69) is 75.4 Å². The van der Waals surface area contributed by atoms with Crippen LogP contribution in [0.5, 0.6) is 0 Å². The Morgan fingerprint density at radius 3 is 2.33 bits per heavy atom. The second-order valence-corrected chi connectivity index (χ2v) is 6.22. The molecule has 0 bridgehead atoms. The first kappa shape index (κ1) is 13.1. The summed E-state index contributed by atoms with van der Waals surface area (Å²) in [6.07, 6.45) is 9.59.